The molecule has 82 heavy (non-hydrogen) atoms. The molecule has 0 atom stereocenters. The molecule has 19 heteroatoms. The predicted molar refractivity (Wildman–Crippen MR) is 296 cm³/mol. The summed E-state index contributed by atoms with van der Waals surface area (Å²) in [5.41, 5.74) is -0.962. The van der Waals surface area contributed by atoms with Gasteiger partial charge in [-0.1, -0.05) is 142 Å². The maximum atomic E-state index is 13.1. The normalized spacial score (nSPS) is 15.5. The van der Waals surface area contributed by atoms with Gasteiger partial charge in [-0.05, 0) is 165 Å². The lowest BCUT2D eigenvalue weighted by atomic mass is 9.68. The summed E-state index contributed by atoms with van der Waals surface area (Å²) >= 11 is 0. The number of carbonyl (C=O) groups excluding carboxylic acids is 1. The van der Waals surface area contributed by atoms with E-state index >= 15 is 0 Å². The number of halogens is 12. The minimum absolute atomic E-state index is 0.133. The number of methoxy groups -OCH3 is 1. The number of hydrogen-bond acceptors (Lipinski definition) is 6. The molecule has 1 saturated heterocycles. The van der Waals surface area contributed by atoms with Crippen molar-refractivity contribution in [2.75, 3.05) is 7.11 Å². The number of ether oxygens (including phenoxy) is 1. The van der Waals surface area contributed by atoms with Crippen LogP contribution in [-0.2, 0) is 36.1 Å². The van der Waals surface area contributed by atoms with Crippen molar-refractivity contribution in [2.24, 2.45) is 0 Å². The second kappa shape index (κ2) is 24.4. The molecule has 0 amide bonds. The van der Waals surface area contributed by atoms with Gasteiger partial charge >= 0.3 is 37.8 Å². The second-order valence-corrected chi connectivity index (χ2v) is 22.1. The van der Waals surface area contributed by atoms with Gasteiger partial charge in [-0.2, -0.15) is 52.7 Å². The quantitative estimate of drug-likeness (QED) is 0.0582. The van der Waals surface area contributed by atoms with Crippen LogP contribution in [0, 0.1) is 27.7 Å². The van der Waals surface area contributed by atoms with Crippen LogP contribution in [-0.4, -0.2) is 77.5 Å². The van der Waals surface area contributed by atoms with Crippen molar-refractivity contribution in [1.82, 2.24) is 0 Å². The first-order valence-electron chi connectivity index (χ1n) is 26.7. The van der Waals surface area contributed by atoms with Crippen LogP contribution in [0.3, 0.4) is 0 Å². The van der Waals surface area contributed by atoms with Gasteiger partial charge in [0.15, 0.2) is 0 Å². The Bertz CT molecular complexity index is 3060. The lowest BCUT2D eigenvalue weighted by molar-refractivity contribution is -0.348. The topological polar surface area (TPSA) is 85.2 Å². The number of benzene rings is 5. The zero-order valence-electron chi connectivity index (χ0n) is 48.2. The number of carbonyl (C=O) groups is 1. The summed E-state index contributed by atoms with van der Waals surface area (Å²) in [7, 11) is 0.828. The monoisotopic (exact) mass is 1160 g/mol. The third-order valence-electron chi connectivity index (χ3n) is 16.7. The number of esters is 1. The summed E-state index contributed by atoms with van der Waals surface area (Å²) in [6.45, 7) is 23.3. The van der Waals surface area contributed by atoms with Crippen LogP contribution >= 0.6 is 0 Å². The SMILES string of the molecule is CCC(CC)(c1ccc(/C=C/C(O)(C(F)(F)F)C(F)(F)F)c(C)c1)c1ccc(-c2ccc(CC(=O)OC)cc2)c(C)c1.CCC(CC)(c1ccc(/C=C/C(O)(C(F)(F)F)C(F)(F)F)c(C)c1)c1ccc(B2OC(C)(C)C(C)(C)O2)c(C)c1. The lowest BCUT2D eigenvalue weighted by Gasteiger charge is -2.34. The van der Waals surface area contributed by atoms with E-state index < -0.39 is 65.1 Å². The fraction of sp³-hybridized carbons (Fsp3) is 0.444. The van der Waals surface area contributed by atoms with Crippen LogP contribution in [0.4, 0.5) is 52.7 Å². The minimum Gasteiger partial charge on any atom is -0.469 e. The second-order valence-electron chi connectivity index (χ2n) is 22.1. The molecule has 1 heterocycles. The Balaban J connectivity index is 0.000000301. The molecule has 0 bridgehead atoms. The Morgan fingerprint density at radius 1 is 0.512 bits per heavy atom. The molecule has 5 aromatic carbocycles. The molecule has 6 rings (SSSR count). The summed E-state index contributed by atoms with van der Waals surface area (Å²) < 4.78 is 174. The molecule has 446 valence electrons. The average Bonchev–Trinajstić information content (AvgIpc) is 3.82. The number of hydrogen-bond donors (Lipinski definition) is 2. The number of aliphatic hydroxyl groups is 2. The van der Waals surface area contributed by atoms with E-state index in [2.05, 4.69) is 12.1 Å². The first-order chi connectivity index (χ1) is 37.7. The van der Waals surface area contributed by atoms with Gasteiger partial charge in [-0.25, -0.2) is 0 Å². The molecular weight excluding hydrogens is 1090 g/mol. The van der Waals surface area contributed by atoms with Crippen molar-refractivity contribution in [3.05, 3.63) is 170 Å². The highest BCUT2D eigenvalue weighted by molar-refractivity contribution is 6.62. The number of alkyl halides is 12. The van der Waals surface area contributed by atoms with Crippen molar-refractivity contribution >= 4 is 30.7 Å². The summed E-state index contributed by atoms with van der Waals surface area (Å²) in [6.07, 6.45) is -19.9. The molecule has 0 spiro atoms. The fourth-order valence-electron chi connectivity index (χ4n) is 10.4. The van der Waals surface area contributed by atoms with Gasteiger partial charge < -0.3 is 24.3 Å². The van der Waals surface area contributed by atoms with Crippen LogP contribution in [0.1, 0.15) is 142 Å². The molecule has 1 aliphatic rings. The van der Waals surface area contributed by atoms with Crippen LogP contribution in [0.15, 0.2) is 109 Å². The predicted octanol–water partition coefficient (Wildman–Crippen LogP) is 16.2. The molecule has 0 aliphatic carbocycles. The van der Waals surface area contributed by atoms with Crippen LogP contribution in [0.2, 0.25) is 0 Å². The van der Waals surface area contributed by atoms with Gasteiger partial charge in [-0.15, -0.1) is 0 Å². The highest BCUT2D eigenvalue weighted by Crippen LogP contribution is 2.48. The Hall–Kier alpha value is -5.89. The zero-order valence-corrected chi connectivity index (χ0v) is 48.2. The third-order valence-corrected chi connectivity index (χ3v) is 16.7. The first kappa shape index (κ1) is 66.9. The average molecular weight is 1160 g/mol. The highest BCUT2D eigenvalue weighted by Gasteiger charge is 2.70. The lowest BCUT2D eigenvalue weighted by Crippen LogP contribution is -2.55. The Morgan fingerprint density at radius 2 is 0.854 bits per heavy atom. The number of aryl methyl sites for hydroxylation is 4. The van der Waals surface area contributed by atoms with Crippen LogP contribution in [0.5, 0.6) is 0 Å². The van der Waals surface area contributed by atoms with E-state index in [0.29, 0.717) is 49.0 Å². The van der Waals surface area contributed by atoms with Gasteiger partial charge in [0, 0.05) is 10.8 Å². The third kappa shape index (κ3) is 13.2. The van der Waals surface area contributed by atoms with E-state index in [9.17, 15) is 67.7 Å². The van der Waals surface area contributed by atoms with Crippen molar-refractivity contribution in [2.45, 2.75) is 173 Å². The molecular formula is C63H71BF12O6. The summed E-state index contributed by atoms with van der Waals surface area (Å²) in [6, 6.07) is 29.9. The Kier molecular flexibility index (Phi) is 19.9. The summed E-state index contributed by atoms with van der Waals surface area (Å²) in [5, 5.41) is 19.0. The fourth-order valence-corrected chi connectivity index (χ4v) is 10.4. The molecule has 5 aromatic rings. The van der Waals surface area contributed by atoms with Gasteiger partial charge in [0.05, 0.1) is 24.7 Å². The molecule has 6 nitrogen and oxygen atoms in total. The van der Waals surface area contributed by atoms with Gasteiger partial charge in [0.2, 0.25) is 0 Å². The minimum atomic E-state index is -5.93. The van der Waals surface area contributed by atoms with E-state index in [0.717, 1.165) is 55.5 Å². The first-order valence-corrected chi connectivity index (χ1v) is 26.7. The van der Waals surface area contributed by atoms with Gasteiger partial charge in [0.25, 0.3) is 11.2 Å². The van der Waals surface area contributed by atoms with Crippen molar-refractivity contribution < 1.29 is 81.7 Å². The van der Waals surface area contributed by atoms with E-state index in [1.807, 2.05) is 118 Å². The molecule has 0 aromatic heterocycles. The van der Waals surface area contributed by atoms with E-state index in [1.54, 1.807) is 38.1 Å². The standard InChI is InChI=1S/C33H34F6O3.C30H37BF6O3/c1-6-30(7-2,26-13-12-24(21(3)18-26)16-17-31(41,32(34,35)36)33(37,38)39)27-14-15-28(22(4)19-27)25-10-8-23(9-11-25)20-29(40)42-5;1-9-27(10-2,23-13-14-24(20(4)18-23)31-39-25(5,6)26(7,8)40-31)22-12-11-21(19(3)17-22)15-16-28(38,29(32,33)34)30(35,36)37/h8-19,41H,6-7,20H2,1-5H3;11-18,38H,9-10H2,1-8H3/b17-16+;16-15+. The largest absolute Gasteiger partial charge is 0.495 e. The van der Waals surface area contributed by atoms with Crippen LogP contribution in [0.25, 0.3) is 23.3 Å². The van der Waals surface area contributed by atoms with Crippen LogP contribution < -0.4 is 5.46 Å². The highest BCUT2D eigenvalue weighted by atomic mass is 19.4. The molecule has 0 saturated carbocycles. The summed E-state index contributed by atoms with van der Waals surface area (Å²) in [5.74, 6) is -0.317. The van der Waals surface area contributed by atoms with E-state index in [1.165, 1.54) is 19.2 Å². The molecule has 1 fully saturated rings. The van der Waals surface area contributed by atoms with Crippen molar-refractivity contribution in [1.29, 1.82) is 0 Å². The smallest absolute Gasteiger partial charge is 0.469 e. The maximum absolute atomic E-state index is 13.1. The molecule has 2 N–H and O–H groups in total. The Labute approximate surface area is 472 Å². The van der Waals surface area contributed by atoms with Crippen molar-refractivity contribution in [3.8, 4) is 11.1 Å². The van der Waals surface area contributed by atoms with Gasteiger partial charge in [0.1, 0.15) is 0 Å². The van der Waals surface area contributed by atoms with Gasteiger partial charge in [-0.3, -0.25) is 4.79 Å². The maximum Gasteiger partial charge on any atom is 0.495 e. The molecule has 1 aliphatic heterocycles. The molecule has 0 unspecified atom stereocenters. The van der Waals surface area contributed by atoms with E-state index in [-0.39, 0.29) is 35.7 Å². The number of rotatable bonds is 16. The zero-order chi connectivity index (χ0) is 62.0. The Morgan fingerprint density at radius 3 is 1.17 bits per heavy atom. The summed E-state index contributed by atoms with van der Waals surface area (Å²) in [4.78, 5) is 11.6. The van der Waals surface area contributed by atoms with E-state index in [4.69, 9.17) is 14.0 Å². The van der Waals surface area contributed by atoms with Crippen molar-refractivity contribution in [3.63, 3.8) is 0 Å². The molecule has 0 radical (unpaired) electrons.